The van der Waals surface area contributed by atoms with Crippen LogP contribution >= 0.6 is 0 Å². The second kappa shape index (κ2) is 5.40. The minimum absolute atomic E-state index is 0.0742. The molecule has 0 bridgehead atoms. The van der Waals surface area contributed by atoms with Crippen LogP contribution in [-0.4, -0.2) is 42.8 Å². The molecule has 2 heterocycles. The summed E-state index contributed by atoms with van der Waals surface area (Å²) in [6.07, 6.45) is 1.29. The first-order valence-electron chi connectivity index (χ1n) is 6.76. The molecule has 1 saturated heterocycles. The first-order valence-corrected chi connectivity index (χ1v) is 6.76. The summed E-state index contributed by atoms with van der Waals surface area (Å²) >= 11 is 0. The van der Waals surface area contributed by atoms with Crippen molar-refractivity contribution in [2.75, 3.05) is 31.2 Å². The van der Waals surface area contributed by atoms with E-state index in [1.165, 1.54) is 0 Å². The number of para-hydroxylation sites is 1. The fourth-order valence-electron chi connectivity index (χ4n) is 2.46. The van der Waals surface area contributed by atoms with Crippen molar-refractivity contribution in [1.29, 1.82) is 0 Å². The highest BCUT2D eigenvalue weighted by Crippen LogP contribution is 2.20. The Morgan fingerprint density at radius 2 is 1.79 bits per heavy atom. The Kier molecular flexibility index (Phi) is 3.46. The molecule has 1 fully saturated rings. The molecular weight excluding hydrogens is 240 g/mol. The summed E-state index contributed by atoms with van der Waals surface area (Å²) in [7, 11) is 0. The summed E-state index contributed by atoms with van der Waals surface area (Å²) in [6.45, 7) is 3.90. The van der Waals surface area contributed by atoms with E-state index in [0.717, 1.165) is 44.1 Å². The molecular formula is C14H18N4O. The number of carbonyl (C=O) groups is 1. The standard InChI is InChI=1S/C14H18N4O/c19-14-7-6-13(17-10-8-15-9-11-17)16-18(14)12-4-2-1-3-5-12/h1-5,15H,6-11H2. The molecule has 0 spiro atoms. The Bertz CT molecular complexity index is 479. The van der Waals surface area contributed by atoms with Gasteiger partial charge in [-0.15, -0.1) is 0 Å². The van der Waals surface area contributed by atoms with E-state index >= 15 is 0 Å². The van der Waals surface area contributed by atoms with E-state index in [0.29, 0.717) is 6.42 Å². The molecule has 0 atom stereocenters. The molecule has 1 N–H and O–H groups in total. The Labute approximate surface area is 112 Å². The number of amides is 1. The van der Waals surface area contributed by atoms with Gasteiger partial charge < -0.3 is 10.2 Å². The molecule has 5 heteroatoms. The van der Waals surface area contributed by atoms with E-state index in [2.05, 4.69) is 15.3 Å². The van der Waals surface area contributed by atoms with Crippen LogP contribution in [0.15, 0.2) is 35.4 Å². The Balaban J connectivity index is 1.84. The van der Waals surface area contributed by atoms with Gasteiger partial charge in [0.15, 0.2) is 0 Å². The van der Waals surface area contributed by atoms with Gasteiger partial charge in [-0.1, -0.05) is 18.2 Å². The molecule has 1 amide bonds. The predicted molar refractivity (Wildman–Crippen MR) is 75.0 cm³/mol. The third-order valence-corrected chi connectivity index (χ3v) is 3.50. The highest BCUT2D eigenvalue weighted by molar-refractivity contribution is 6.01. The van der Waals surface area contributed by atoms with E-state index in [-0.39, 0.29) is 5.91 Å². The van der Waals surface area contributed by atoms with E-state index < -0.39 is 0 Å². The van der Waals surface area contributed by atoms with Gasteiger partial charge in [0.25, 0.3) is 0 Å². The molecule has 1 aromatic carbocycles. The van der Waals surface area contributed by atoms with Crippen LogP contribution in [0.4, 0.5) is 5.69 Å². The number of benzene rings is 1. The maximum atomic E-state index is 12.0. The molecule has 2 aliphatic heterocycles. The van der Waals surface area contributed by atoms with Crippen molar-refractivity contribution in [3.63, 3.8) is 0 Å². The second-order valence-electron chi connectivity index (χ2n) is 4.79. The third kappa shape index (κ3) is 2.61. The molecule has 1 aromatic rings. The lowest BCUT2D eigenvalue weighted by Crippen LogP contribution is -2.48. The van der Waals surface area contributed by atoms with E-state index in [4.69, 9.17) is 0 Å². The average Bonchev–Trinajstić information content (AvgIpc) is 2.49. The third-order valence-electron chi connectivity index (χ3n) is 3.50. The van der Waals surface area contributed by atoms with Gasteiger partial charge in [-0.05, 0) is 12.1 Å². The number of hydrazone groups is 1. The largest absolute Gasteiger partial charge is 0.356 e. The zero-order chi connectivity index (χ0) is 13.1. The maximum absolute atomic E-state index is 12.0. The van der Waals surface area contributed by atoms with Crippen LogP contribution in [0.1, 0.15) is 12.8 Å². The molecule has 19 heavy (non-hydrogen) atoms. The minimum Gasteiger partial charge on any atom is -0.356 e. The van der Waals surface area contributed by atoms with Crippen molar-refractivity contribution in [2.45, 2.75) is 12.8 Å². The zero-order valence-electron chi connectivity index (χ0n) is 10.9. The number of hydrogen-bond donors (Lipinski definition) is 1. The lowest BCUT2D eigenvalue weighted by molar-refractivity contribution is -0.118. The fraction of sp³-hybridized carbons (Fsp3) is 0.429. The molecule has 0 radical (unpaired) electrons. The molecule has 0 unspecified atom stereocenters. The lowest BCUT2D eigenvalue weighted by Gasteiger charge is -2.33. The van der Waals surface area contributed by atoms with Gasteiger partial charge in [0.2, 0.25) is 5.91 Å². The van der Waals surface area contributed by atoms with E-state index in [1.807, 2.05) is 30.3 Å². The number of hydrogen-bond acceptors (Lipinski definition) is 4. The predicted octanol–water partition coefficient (Wildman–Crippen LogP) is 1.03. The van der Waals surface area contributed by atoms with Crippen LogP contribution < -0.4 is 10.3 Å². The van der Waals surface area contributed by atoms with Crippen LogP contribution in [0.3, 0.4) is 0 Å². The quantitative estimate of drug-likeness (QED) is 0.818. The van der Waals surface area contributed by atoms with E-state index in [1.54, 1.807) is 5.01 Å². The summed E-state index contributed by atoms with van der Waals surface area (Å²) < 4.78 is 0. The van der Waals surface area contributed by atoms with Crippen LogP contribution in [0, 0.1) is 0 Å². The average molecular weight is 258 g/mol. The SMILES string of the molecule is O=C1CCC(N2CCNCC2)=NN1c1ccccc1. The number of nitrogens with one attached hydrogen (secondary N) is 1. The summed E-state index contributed by atoms with van der Waals surface area (Å²) in [4.78, 5) is 14.3. The second-order valence-corrected chi connectivity index (χ2v) is 4.79. The molecule has 3 rings (SSSR count). The summed E-state index contributed by atoms with van der Waals surface area (Å²) in [6, 6.07) is 9.64. The van der Waals surface area contributed by atoms with Gasteiger partial charge in [-0.25, -0.2) is 0 Å². The van der Waals surface area contributed by atoms with Gasteiger partial charge >= 0.3 is 0 Å². The highest BCUT2D eigenvalue weighted by atomic mass is 16.2. The van der Waals surface area contributed by atoms with Gasteiger partial charge in [0, 0.05) is 39.0 Å². The molecule has 0 saturated carbocycles. The first-order chi connectivity index (χ1) is 9.34. The van der Waals surface area contributed by atoms with Gasteiger partial charge in [-0.3, -0.25) is 4.79 Å². The summed E-state index contributed by atoms with van der Waals surface area (Å²) in [5.74, 6) is 1.11. The fourth-order valence-corrected chi connectivity index (χ4v) is 2.46. The van der Waals surface area contributed by atoms with Crippen molar-refractivity contribution in [3.05, 3.63) is 30.3 Å². The Morgan fingerprint density at radius 1 is 1.05 bits per heavy atom. The van der Waals surface area contributed by atoms with Crippen LogP contribution in [0.2, 0.25) is 0 Å². The van der Waals surface area contributed by atoms with Crippen molar-refractivity contribution < 1.29 is 4.79 Å². The number of rotatable bonds is 1. The Morgan fingerprint density at radius 3 is 2.53 bits per heavy atom. The molecule has 0 aliphatic carbocycles. The zero-order valence-corrected chi connectivity index (χ0v) is 10.9. The first kappa shape index (κ1) is 12.2. The number of anilines is 1. The summed E-state index contributed by atoms with van der Waals surface area (Å²) in [5, 5.41) is 9.43. The van der Waals surface area contributed by atoms with Gasteiger partial charge in [0.05, 0.1) is 5.69 Å². The number of amidine groups is 1. The summed E-state index contributed by atoms with van der Waals surface area (Å²) in [5.41, 5.74) is 0.847. The van der Waals surface area contributed by atoms with Crippen LogP contribution in [0.5, 0.6) is 0 Å². The number of piperazine rings is 1. The smallest absolute Gasteiger partial charge is 0.247 e. The van der Waals surface area contributed by atoms with Crippen LogP contribution in [0.25, 0.3) is 0 Å². The van der Waals surface area contributed by atoms with Crippen molar-refractivity contribution >= 4 is 17.4 Å². The lowest BCUT2D eigenvalue weighted by atomic mass is 10.2. The molecule has 2 aliphatic rings. The van der Waals surface area contributed by atoms with Gasteiger partial charge in [-0.2, -0.15) is 10.1 Å². The number of carbonyl (C=O) groups excluding carboxylic acids is 1. The maximum Gasteiger partial charge on any atom is 0.247 e. The molecule has 100 valence electrons. The number of nitrogens with zero attached hydrogens (tertiary/aromatic N) is 3. The molecule has 0 aromatic heterocycles. The highest BCUT2D eigenvalue weighted by Gasteiger charge is 2.25. The minimum atomic E-state index is 0.0742. The van der Waals surface area contributed by atoms with Crippen molar-refractivity contribution in [2.24, 2.45) is 5.10 Å². The van der Waals surface area contributed by atoms with Crippen molar-refractivity contribution in [1.82, 2.24) is 10.2 Å². The normalized spacial score (nSPS) is 20.4. The molecule has 5 nitrogen and oxygen atoms in total. The Hall–Kier alpha value is -1.88. The van der Waals surface area contributed by atoms with E-state index in [9.17, 15) is 4.79 Å². The van der Waals surface area contributed by atoms with Gasteiger partial charge in [0.1, 0.15) is 5.84 Å². The van der Waals surface area contributed by atoms with Crippen LogP contribution in [-0.2, 0) is 4.79 Å². The van der Waals surface area contributed by atoms with Crippen molar-refractivity contribution in [3.8, 4) is 0 Å². The monoisotopic (exact) mass is 258 g/mol. The topological polar surface area (TPSA) is 47.9 Å².